The molecule has 0 aliphatic rings. The number of alkyl halides is 2. The van der Waals surface area contributed by atoms with Crippen molar-refractivity contribution >= 4 is 23.2 Å². The van der Waals surface area contributed by atoms with E-state index in [9.17, 15) is 0 Å². The standard InChI is InChI=1S/C7H7Cl2NO/c1-11-7(8,9)6-4-2-3-5-10-6/h2-5H,1H3. The van der Waals surface area contributed by atoms with Gasteiger partial charge in [-0.05, 0) is 12.1 Å². The van der Waals surface area contributed by atoms with Gasteiger partial charge in [-0.3, -0.25) is 4.98 Å². The molecule has 0 aromatic carbocycles. The van der Waals surface area contributed by atoms with Gasteiger partial charge < -0.3 is 4.74 Å². The van der Waals surface area contributed by atoms with E-state index in [-0.39, 0.29) is 0 Å². The van der Waals surface area contributed by atoms with Gasteiger partial charge in [0.1, 0.15) is 5.69 Å². The maximum atomic E-state index is 5.73. The van der Waals surface area contributed by atoms with Crippen LogP contribution in [0.4, 0.5) is 0 Å². The number of methoxy groups -OCH3 is 1. The lowest BCUT2D eigenvalue weighted by Crippen LogP contribution is -2.14. The summed E-state index contributed by atoms with van der Waals surface area (Å²) in [7, 11) is 1.43. The van der Waals surface area contributed by atoms with Crippen LogP contribution in [0.1, 0.15) is 5.69 Å². The van der Waals surface area contributed by atoms with Gasteiger partial charge in [0.25, 0.3) is 4.52 Å². The Balaban J connectivity index is 2.93. The Kier molecular flexibility index (Phi) is 2.71. The Labute approximate surface area is 75.1 Å². The molecular formula is C7H7Cl2NO. The smallest absolute Gasteiger partial charge is 0.261 e. The fourth-order valence-corrected chi connectivity index (χ4v) is 0.863. The van der Waals surface area contributed by atoms with Crippen LogP contribution in [-0.4, -0.2) is 12.1 Å². The van der Waals surface area contributed by atoms with Crippen molar-refractivity contribution in [2.75, 3.05) is 7.11 Å². The van der Waals surface area contributed by atoms with Gasteiger partial charge >= 0.3 is 0 Å². The molecule has 1 heterocycles. The minimum absolute atomic E-state index is 0.492. The molecule has 0 aliphatic carbocycles. The van der Waals surface area contributed by atoms with Gasteiger partial charge in [-0.15, -0.1) is 0 Å². The molecule has 0 bridgehead atoms. The first-order valence-electron chi connectivity index (χ1n) is 3.01. The molecule has 1 aromatic rings. The molecule has 60 valence electrons. The molecule has 0 amide bonds. The van der Waals surface area contributed by atoms with Gasteiger partial charge in [-0.1, -0.05) is 29.3 Å². The molecule has 0 saturated carbocycles. The summed E-state index contributed by atoms with van der Waals surface area (Å²) in [6.07, 6.45) is 1.61. The Morgan fingerprint density at radius 2 is 2.18 bits per heavy atom. The fraction of sp³-hybridized carbons (Fsp3) is 0.286. The number of aromatic nitrogens is 1. The first-order valence-corrected chi connectivity index (χ1v) is 3.77. The molecule has 1 rings (SSSR count). The normalized spacial score (nSPS) is 11.5. The van der Waals surface area contributed by atoms with E-state index in [1.807, 2.05) is 0 Å². The van der Waals surface area contributed by atoms with Crippen molar-refractivity contribution in [3.05, 3.63) is 30.1 Å². The summed E-state index contributed by atoms with van der Waals surface area (Å²) in [5.74, 6) is 0. The second-order valence-electron chi connectivity index (χ2n) is 1.94. The molecule has 11 heavy (non-hydrogen) atoms. The van der Waals surface area contributed by atoms with Crippen molar-refractivity contribution in [2.24, 2.45) is 0 Å². The van der Waals surface area contributed by atoms with Crippen LogP contribution < -0.4 is 0 Å². The molecular weight excluding hydrogens is 185 g/mol. The molecule has 0 aliphatic heterocycles. The number of ether oxygens (including phenoxy) is 1. The number of pyridine rings is 1. The maximum absolute atomic E-state index is 5.73. The highest BCUT2D eigenvalue weighted by atomic mass is 35.5. The molecule has 2 nitrogen and oxygen atoms in total. The Hall–Kier alpha value is -0.310. The van der Waals surface area contributed by atoms with E-state index in [0.717, 1.165) is 0 Å². The van der Waals surface area contributed by atoms with Crippen molar-refractivity contribution in [2.45, 2.75) is 4.52 Å². The molecule has 1 aromatic heterocycles. The van der Waals surface area contributed by atoms with Crippen molar-refractivity contribution in [1.82, 2.24) is 4.98 Å². The molecule has 0 atom stereocenters. The summed E-state index contributed by atoms with van der Waals surface area (Å²) >= 11 is 11.5. The van der Waals surface area contributed by atoms with Crippen LogP contribution in [0, 0.1) is 0 Å². The summed E-state index contributed by atoms with van der Waals surface area (Å²) in [6.45, 7) is 0. The van der Waals surface area contributed by atoms with Crippen LogP contribution in [0.3, 0.4) is 0 Å². The number of halogens is 2. The first-order chi connectivity index (χ1) is 5.17. The lowest BCUT2D eigenvalue weighted by Gasteiger charge is -2.15. The summed E-state index contributed by atoms with van der Waals surface area (Å²) in [5.41, 5.74) is 0.492. The molecule has 4 heteroatoms. The van der Waals surface area contributed by atoms with E-state index in [2.05, 4.69) is 4.98 Å². The van der Waals surface area contributed by atoms with Gasteiger partial charge in [-0.25, -0.2) is 0 Å². The van der Waals surface area contributed by atoms with E-state index in [4.69, 9.17) is 27.9 Å². The molecule has 0 spiro atoms. The lowest BCUT2D eigenvalue weighted by molar-refractivity contribution is 0.130. The predicted molar refractivity (Wildman–Crippen MR) is 44.6 cm³/mol. The highest BCUT2D eigenvalue weighted by Crippen LogP contribution is 2.32. The predicted octanol–water partition coefficient (Wildman–Crippen LogP) is 2.32. The zero-order chi connectivity index (χ0) is 8.32. The number of hydrogen-bond acceptors (Lipinski definition) is 2. The molecule has 0 radical (unpaired) electrons. The zero-order valence-corrected chi connectivity index (χ0v) is 7.43. The van der Waals surface area contributed by atoms with Gasteiger partial charge in [0.2, 0.25) is 0 Å². The Morgan fingerprint density at radius 1 is 1.45 bits per heavy atom. The van der Waals surface area contributed by atoms with E-state index in [1.165, 1.54) is 7.11 Å². The molecule has 0 unspecified atom stereocenters. The van der Waals surface area contributed by atoms with Crippen LogP contribution >= 0.6 is 23.2 Å². The molecule has 0 N–H and O–H groups in total. The topological polar surface area (TPSA) is 22.1 Å². The zero-order valence-electron chi connectivity index (χ0n) is 5.92. The maximum Gasteiger partial charge on any atom is 0.261 e. The van der Waals surface area contributed by atoms with Crippen molar-refractivity contribution in [3.8, 4) is 0 Å². The molecule has 0 saturated heterocycles. The van der Waals surface area contributed by atoms with Crippen LogP contribution in [0.5, 0.6) is 0 Å². The Bertz CT molecular complexity index is 225. The third-order valence-corrected chi connectivity index (χ3v) is 1.92. The third-order valence-electron chi connectivity index (χ3n) is 1.22. The van der Waals surface area contributed by atoms with Crippen molar-refractivity contribution in [3.63, 3.8) is 0 Å². The highest BCUT2D eigenvalue weighted by Gasteiger charge is 2.26. The van der Waals surface area contributed by atoms with Gasteiger partial charge in [-0.2, -0.15) is 0 Å². The van der Waals surface area contributed by atoms with Gasteiger partial charge in [0.15, 0.2) is 0 Å². The molecule has 0 fully saturated rings. The van der Waals surface area contributed by atoms with Crippen LogP contribution in [-0.2, 0) is 9.26 Å². The van der Waals surface area contributed by atoms with Crippen LogP contribution in [0.15, 0.2) is 24.4 Å². The summed E-state index contributed by atoms with van der Waals surface area (Å²) in [5, 5.41) is 0. The lowest BCUT2D eigenvalue weighted by atomic mass is 10.4. The highest BCUT2D eigenvalue weighted by molar-refractivity contribution is 6.46. The largest absolute Gasteiger partial charge is 0.345 e. The second kappa shape index (κ2) is 3.39. The van der Waals surface area contributed by atoms with Gasteiger partial charge in [0, 0.05) is 13.3 Å². The average molecular weight is 192 g/mol. The quantitative estimate of drug-likeness (QED) is 0.670. The van der Waals surface area contributed by atoms with E-state index in [1.54, 1.807) is 24.4 Å². The SMILES string of the molecule is COC(Cl)(Cl)c1ccccn1. The Morgan fingerprint density at radius 3 is 2.64 bits per heavy atom. The minimum atomic E-state index is -1.33. The number of nitrogens with zero attached hydrogens (tertiary/aromatic N) is 1. The number of hydrogen-bond donors (Lipinski definition) is 0. The fourth-order valence-electron chi connectivity index (χ4n) is 0.639. The van der Waals surface area contributed by atoms with Crippen LogP contribution in [0.25, 0.3) is 0 Å². The number of rotatable bonds is 2. The minimum Gasteiger partial charge on any atom is -0.345 e. The van der Waals surface area contributed by atoms with E-state index < -0.39 is 4.52 Å². The second-order valence-corrected chi connectivity index (χ2v) is 3.19. The third kappa shape index (κ3) is 2.06. The van der Waals surface area contributed by atoms with Crippen LogP contribution in [0.2, 0.25) is 0 Å². The summed E-state index contributed by atoms with van der Waals surface area (Å²) in [6, 6.07) is 5.27. The first kappa shape index (κ1) is 8.78. The average Bonchev–Trinajstić information content (AvgIpc) is 2.06. The van der Waals surface area contributed by atoms with E-state index >= 15 is 0 Å². The van der Waals surface area contributed by atoms with Crippen molar-refractivity contribution < 1.29 is 4.74 Å². The van der Waals surface area contributed by atoms with Gasteiger partial charge in [0.05, 0.1) is 0 Å². The summed E-state index contributed by atoms with van der Waals surface area (Å²) in [4.78, 5) is 3.93. The van der Waals surface area contributed by atoms with E-state index in [0.29, 0.717) is 5.69 Å². The van der Waals surface area contributed by atoms with Crippen molar-refractivity contribution in [1.29, 1.82) is 0 Å². The summed E-state index contributed by atoms with van der Waals surface area (Å²) < 4.78 is 3.46. The monoisotopic (exact) mass is 191 g/mol.